The van der Waals surface area contributed by atoms with Gasteiger partial charge in [-0.3, -0.25) is 4.79 Å². The molecule has 1 aliphatic heterocycles. The van der Waals surface area contributed by atoms with Crippen molar-refractivity contribution in [3.63, 3.8) is 0 Å². The number of aliphatic hydroxyl groups is 1. The van der Waals surface area contributed by atoms with Crippen LogP contribution in [0.5, 0.6) is 0 Å². The van der Waals surface area contributed by atoms with Crippen molar-refractivity contribution in [1.82, 2.24) is 9.78 Å². The van der Waals surface area contributed by atoms with Gasteiger partial charge < -0.3 is 14.3 Å². The first-order chi connectivity index (χ1) is 13.0. The van der Waals surface area contributed by atoms with Crippen LogP contribution >= 0.6 is 0 Å². The van der Waals surface area contributed by atoms with E-state index in [4.69, 9.17) is 9.15 Å². The van der Waals surface area contributed by atoms with E-state index in [0.29, 0.717) is 27.9 Å². The predicted octanol–water partition coefficient (Wildman–Crippen LogP) is 4.03. The Labute approximate surface area is 157 Å². The highest BCUT2D eigenvalue weighted by molar-refractivity contribution is 5.84. The minimum atomic E-state index is -0.732. The zero-order chi connectivity index (χ0) is 19.1. The molecule has 2 aromatic heterocycles. The van der Waals surface area contributed by atoms with Gasteiger partial charge in [-0.15, -0.1) is 0 Å². The van der Waals surface area contributed by atoms with Crippen LogP contribution in [0.15, 0.2) is 33.7 Å². The van der Waals surface area contributed by atoms with Gasteiger partial charge in [0.1, 0.15) is 17.6 Å². The molecule has 0 bridgehead atoms. The zero-order valence-electron chi connectivity index (χ0n) is 15.9. The molecular weight excluding hydrogens is 344 g/mol. The lowest BCUT2D eigenvalue weighted by atomic mass is 10.0. The lowest BCUT2D eigenvalue weighted by Crippen LogP contribution is -2.18. The first kappa shape index (κ1) is 17.9. The van der Waals surface area contributed by atoms with Crippen molar-refractivity contribution in [2.45, 2.75) is 52.4 Å². The average Bonchev–Trinajstić information content (AvgIpc) is 3.15. The number of fused-ring (bicyclic) bond motifs is 1. The van der Waals surface area contributed by atoms with Gasteiger partial charge in [0.15, 0.2) is 5.43 Å². The molecule has 1 aromatic carbocycles. The third-order valence-electron chi connectivity index (χ3n) is 5.16. The molecule has 6 heteroatoms. The molecule has 4 rings (SSSR count). The van der Waals surface area contributed by atoms with Crippen molar-refractivity contribution >= 4 is 11.0 Å². The molecule has 1 aliphatic rings. The van der Waals surface area contributed by atoms with Gasteiger partial charge in [0, 0.05) is 23.9 Å². The topological polar surface area (TPSA) is 77.5 Å². The molecule has 142 valence electrons. The van der Waals surface area contributed by atoms with E-state index in [1.807, 2.05) is 25.3 Å². The van der Waals surface area contributed by atoms with Gasteiger partial charge in [0.2, 0.25) is 0 Å². The highest BCUT2D eigenvalue weighted by atomic mass is 16.5. The third-order valence-corrected chi connectivity index (χ3v) is 5.16. The number of ether oxygens (including phenoxy) is 1. The van der Waals surface area contributed by atoms with Gasteiger partial charge in [-0.25, -0.2) is 4.68 Å². The summed E-state index contributed by atoms with van der Waals surface area (Å²) >= 11 is 0. The Hall–Kier alpha value is -2.44. The summed E-state index contributed by atoms with van der Waals surface area (Å²) in [5, 5.41) is 15.1. The Morgan fingerprint density at radius 3 is 2.81 bits per heavy atom. The lowest BCUT2D eigenvalue weighted by Gasteiger charge is -2.22. The number of rotatable bonds is 3. The molecule has 27 heavy (non-hydrogen) atoms. The standard InChI is InChI=1S/C21H24N2O4/c1-12-8-16(14(3)24)21-17(9-12)19(25)13(2)20(27-21)15-10-22-23(11-15)18-6-4-5-7-26-18/h8-11,14,18,24H,4-7H2,1-3H3/t14-,18?/m1/s1. The summed E-state index contributed by atoms with van der Waals surface area (Å²) in [6.07, 6.45) is 5.87. The Kier molecular flexibility index (Phi) is 4.61. The number of hydrogen-bond acceptors (Lipinski definition) is 5. The fourth-order valence-corrected chi connectivity index (χ4v) is 3.70. The first-order valence-electron chi connectivity index (χ1n) is 9.38. The molecule has 0 radical (unpaired) electrons. The summed E-state index contributed by atoms with van der Waals surface area (Å²) in [7, 11) is 0. The fraction of sp³-hybridized carbons (Fsp3) is 0.429. The van der Waals surface area contributed by atoms with Gasteiger partial charge in [0.05, 0.1) is 23.3 Å². The third kappa shape index (κ3) is 3.19. The van der Waals surface area contributed by atoms with Gasteiger partial charge >= 0.3 is 0 Å². The molecule has 0 saturated carbocycles. The minimum absolute atomic E-state index is 0.0735. The lowest BCUT2D eigenvalue weighted by molar-refractivity contribution is -0.0394. The minimum Gasteiger partial charge on any atom is -0.455 e. The number of nitrogens with zero attached hydrogens (tertiary/aromatic N) is 2. The van der Waals surface area contributed by atoms with Crippen molar-refractivity contribution in [2.24, 2.45) is 0 Å². The first-order valence-corrected chi connectivity index (χ1v) is 9.38. The molecule has 1 fully saturated rings. The van der Waals surface area contributed by atoms with E-state index in [0.717, 1.165) is 37.0 Å². The average molecular weight is 368 g/mol. The van der Waals surface area contributed by atoms with E-state index in [1.54, 1.807) is 24.7 Å². The van der Waals surface area contributed by atoms with Gasteiger partial charge in [-0.05, 0) is 57.7 Å². The molecule has 6 nitrogen and oxygen atoms in total. The molecule has 3 aromatic rings. The molecular formula is C21H24N2O4. The highest BCUT2D eigenvalue weighted by Gasteiger charge is 2.21. The quantitative estimate of drug-likeness (QED) is 0.755. The van der Waals surface area contributed by atoms with Crippen LogP contribution in [0.2, 0.25) is 0 Å². The van der Waals surface area contributed by atoms with Crippen LogP contribution in [0.1, 0.15) is 55.2 Å². The maximum atomic E-state index is 13.0. The fourth-order valence-electron chi connectivity index (χ4n) is 3.70. The molecule has 2 atom stereocenters. The summed E-state index contributed by atoms with van der Waals surface area (Å²) < 4.78 is 13.7. The van der Waals surface area contributed by atoms with Crippen molar-refractivity contribution in [1.29, 1.82) is 0 Å². The molecule has 1 saturated heterocycles. The maximum Gasteiger partial charge on any atom is 0.196 e. The Bertz CT molecular complexity index is 1040. The van der Waals surface area contributed by atoms with Crippen molar-refractivity contribution < 1.29 is 14.3 Å². The van der Waals surface area contributed by atoms with Gasteiger partial charge in [0.25, 0.3) is 0 Å². The van der Waals surface area contributed by atoms with Crippen LogP contribution in [-0.2, 0) is 4.74 Å². The van der Waals surface area contributed by atoms with Crippen molar-refractivity contribution in [3.8, 4) is 11.3 Å². The van der Waals surface area contributed by atoms with Crippen molar-refractivity contribution in [3.05, 3.63) is 51.4 Å². The van der Waals surface area contributed by atoms with Crippen LogP contribution in [-0.4, -0.2) is 21.5 Å². The largest absolute Gasteiger partial charge is 0.455 e. The van der Waals surface area contributed by atoms with Crippen molar-refractivity contribution in [2.75, 3.05) is 6.61 Å². The monoisotopic (exact) mass is 368 g/mol. The van der Waals surface area contributed by atoms with Crippen LogP contribution in [0.3, 0.4) is 0 Å². The van der Waals surface area contributed by atoms with E-state index in [9.17, 15) is 9.90 Å². The SMILES string of the molecule is Cc1cc([C@@H](C)O)c2oc(-c3cnn(C4CCCCO4)c3)c(C)c(=O)c2c1. The summed E-state index contributed by atoms with van der Waals surface area (Å²) in [4.78, 5) is 13.0. The van der Waals surface area contributed by atoms with E-state index >= 15 is 0 Å². The summed E-state index contributed by atoms with van der Waals surface area (Å²) in [6.45, 7) is 6.08. The second kappa shape index (κ2) is 6.94. The smallest absolute Gasteiger partial charge is 0.196 e. The number of aryl methyl sites for hydroxylation is 1. The molecule has 0 amide bonds. The molecule has 0 spiro atoms. The number of hydrogen-bond donors (Lipinski definition) is 1. The molecule has 0 aliphatic carbocycles. The summed E-state index contributed by atoms with van der Waals surface area (Å²) in [5.74, 6) is 0.486. The maximum absolute atomic E-state index is 13.0. The van der Waals surface area contributed by atoms with Gasteiger partial charge in [-0.2, -0.15) is 5.10 Å². The Morgan fingerprint density at radius 2 is 2.11 bits per heavy atom. The Morgan fingerprint density at radius 1 is 1.30 bits per heavy atom. The zero-order valence-corrected chi connectivity index (χ0v) is 15.9. The highest BCUT2D eigenvalue weighted by Crippen LogP contribution is 2.31. The van der Waals surface area contributed by atoms with Gasteiger partial charge in [-0.1, -0.05) is 0 Å². The molecule has 1 N–H and O–H groups in total. The van der Waals surface area contributed by atoms with Crippen LogP contribution < -0.4 is 5.43 Å². The van der Waals surface area contributed by atoms with Crippen LogP contribution in [0.25, 0.3) is 22.3 Å². The van der Waals surface area contributed by atoms with E-state index in [1.165, 1.54) is 0 Å². The van der Waals surface area contributed by atoms with E-state index in [-0.39, 0.29) is 11.7 Å². The normalized spacial score (nSPS) is 18.7. The van der Waals surface area contributed by atoms with Crippen LogP contribution in [0.4, 0.5) is 0 Å². The second-order valence-corrected chi connectivity index (χ2v) is 7.32. The predicted molar refractivity (Wildman–Crippen MR) is 103 cm³/mol. The molecule has 3 heterocycles. The summed E-state index contributed by atoms with van der Waals surface area (Å²) in [5.41, 5.74) is 3.15. The number of aromatic nitrogens is 2. The van der Waals surface area contributed by atoms with E-state index in [2.05, 4.69) is 5.10 Å². The summed E-state index contributed by atoms with van der Waals surface area (Å²) in [6, 6.07) is 3.66. The number of benzene rings is 1. The van der Waals surface area contributed by atoms with Crippen LogP contribution in [0, 0.1) is 13.8 Å². The second-order valence-electron chi connectivity index (χ2n) is 7.32. The molecule has 1 unspecified atom stereocenters. The Balaban J connectivity index is 1.86. The number of aliphatic hydroxyl groups excluding tert-OH is 1. The van der Waals surface area contributed by atoms with E-state index < -0.39 is 6.10 Å².